The second-order valence-electron chi connectivity index (χ2n) is 7.60. The normalized spacial score (nSPS) is 19.2. The number of hydrogen-bond donors (Lipinski definition) is 1. The number of nitrogens with two attached hydrogens (primary N) is 1. The number of anilines is 1. The van der Waals surface area contributed by atoms with Gasteiger partial charge < -0.3 is 10.6 Å². The van der Waals surface area contributed by atoms with E-state index in [-0.39, 0.29) is 27.9 Å². The number of alkyl halides is 5. The van der Waals surface area contributed by atoms with Gasteiger partial charge in [-0.25, -0.2) is 23.7 Å². The van der Waals surface area contributed by atoms with Crippen molar-refractivity contribution in [3.63, 3.8) is 0 Å². The molecule has 5 rings (SSSR count). The van der Waals surface area contributed by atoms with Crippen molar-refractivity contribution in [3.8, 4) is 0 Å². The Balaban J connectivity index is 1.62. The van der Waals surface area contributed by atoms with E-state index >= 15 is 0 Å². The molecule has 0 spiro atoms. The van der Waals surface area contributed by atoms with Crippen LogP contribution in [0.25, 0.3) is 16.6 Å². The van der Waals surface area contributed by atoms with E-state index in [0.29, 0.717) is 17.1 Å². The first-order chi connectivity index (χ1) is 16.7. The molecule has 2 N–H and O–H groups in total. The highest BCUT2D eigenvalue weighted by Crippen LogP contribution is 2.50. The van der Waals surface area contributed by atoms with Gasteiger partial charge >= 0.3 is 6.18 Å². The van der Waals surface area contributed by atoms with Crippen molar-refractivity contribution in [1.29, 1.82) is 0 Å². The molecule has 1 aliphatic rings. The van der Waals surface area contributed by atoms with Crippen LogP contribution >= 0.6 is 0 Å². The number of fused-ring (bicyclic) bond motifs is 4. The predicted molar refractivity (Wildman–Crippen MR) is 107 cm³/mol. The van der Waals surface area contributed by atoms with Crippen LogP contribution in [0.15, 0.2) is 43.0 Å². The Hall–Kier alpha value is -3.83. The molecule has 1 unspecified atom stereocenters. The van der Waals surface area contributed by atoms with Gasteiger partial charge in [0.25, 0.3) is 11.8 Å². The molecule has 1 amide bonds. The van der Waals surface area contributed by atoms with Crippen LogP contribution in [0.1, 0.15) is 43.8 Å². The lowest BCUT2D eigenvalue weighted by molar-refractivity contribution is -0.137. The fourth-order valence-electron chi connectivity index (χ4n) is 4.00. The molecule has 1 atom stereocenters. The minimum atomic E-state index is -4.88. The average molecular weight is 465 g/mol. The van der Waals surface area contributed by atoms with E-state index in [9.17, 15) is 26.7 Å². The number of halogens is 5. The number of benzene rings is 1. The molecular formula is C21H15F5N6O. The van der Waals surface area contributed by atoms with Crippen LogP contribution in [0.2, 0.25) is 0 Å². The molecule has 33 heavy (non-hydrogen) atoms. The van der Waals surface area contributed by atoms with Crippen molar-refractivity contribution in [2.45, 2.75) is 24.6 Å². The second kappa shape index (κ2) is 6.83. The first-order valence-corrected chi connectivity index (χ1v) is 9.49. The van der Waals surface area contributed by atoms with Crippen molar-refractivity contribution in [2.75, 3.05) is 12.7 Å². The zero-order valence-electron chi connectivity index (χ0n) is 19.4. The van der Waals surface area contributed by atoms with E-state index in [2.05, 4.69) is 15.0 Å². The lowest BCUT2D eigenvalue weighted by Crippen LogP contribution is -2.31. The first-order valence-electron chi connectivity index (χ1n) is 11.0. The Bertz CT molecular complexity index is 1530. The molecule has 0 radical (unpaired) electrons. The van der Waals surface area contributed by atoms with Crippen molar-refractivity contribution in [3.05, 3.63) is 65.4 Å². The molecule has 0 bridgehead atoms. The van der Waals surface area contributed by atoms with Gasteiger partial charge in [-0.2, -0.15) is 13.2 Å². The van der Waals surface area contributed by atoms with Crippen LogP contribution in [-0.2, 0) is 12.1 Å². The van der Waals surface area contributed by atoms with Gasteiger partial charge in [-0.15, -0.1) is 0 Å². The number of carbonyl (C=O) groups excluding carboxylic acids is 1. The molecular weight excluding hydrogens is 447 g/mol. The van der Waals surface area contributed by atoms with E-state index in [4.69, 9.17) is 9.85 Å². The largest absolute Gasteiger partial charge is 0.416 e. The molecule has 0 aliphatic heterocycles. The maximum absolute atomic E-state index is 14.8. The lowest BCUT2D eigenvalue weighted by atomic mass is 10.0. The molecule has 1 aliphatic carbocycles. The third kappa shape index (κ3) is 3.24. The molecule has 12 heteroatoms. The monoisotopic (exact) mass is 465 g/mol. The van der Waals surface area contributed by atoms with Crippen molar-refractivity contribution >= 4 is 28.3 Å². The zero-order valence-corrected chi connectivity index (χ0v) is 16.4. The van der Waals surface area contributed by atoms with Crippen LogP contribution in [0.5, 0.6) is 0 Å². The molecule has 3 aromatic heterocycles. The SMILES string of the molecule is [2H]C([2H])([2H])N(C(=O)c1cc2c(cn1)nc(N)c1cncn12)C1CC(F)(F)c2cc(C(F)(F)F)ccc21. The standard InChI is InChI=1S/C21H15F5N6O/c1-31(16-6-20(22,23)12-4-10(21(24,25)26)2-3-11(12)16)19(33)13-5-15-14(7-29-13)30-18(27)17-8-28-9-32(15)17/h2-5,7-9,16H,6H2,1H3,(H2,27,30)/i1D3. The van der Waals surface area contributed by atoms with Crippen LogP contribution in [0, 0.1) is 0 Å². The number of nitrogen functional groups attached to an aromatic ring is 1. The number of carbonyl (C=O) groups is 1. The number of amides is 1. The molecule has 0 saturated carbocycles. The van der Waals surface area contributed by atoms with Gasteiger partial charge in [-0.05, 0) is 23.8 Å². The number of imidazole rings is 1. The van der Waals surface area contributed by atoms with Crippen molar-refractivity contribution in [2.24, 2.45) is 0 Å². The summed E-state index contributed by atoms with van der Waals surface area (Å²) in [6.45, 7) is -3.22. The van der Waals surface area contributed by atoms with Gasteiger partial charge in [0.2, 0.25) is 0 Å². The second-order valence-corrected chi connectivity index (χ2v) is 7.60. The minimum absolute atomic E-state index is 0.132. The van der Waals surface area contributed by atoms with Crippen LogP contribution in [-0.4, -0.2) is 37.1 Å². The Kier molecular flexibility index (Phi) is 3.66. The Morgan fingerprint density at radius 1 is 1.27 bits per heavy atom. The molecule has 170 valence electrons. The van der Waals surface area contributed by atoms with Gasteiger partial charge in [0.1, 0.15) is 22.5 Å². The number of hydrogen-bond acceptors (Lipinski definition) is 5. The topological polar surface area (TPSA) is 89.4 Å². The van der Waals surface area contributed by atoms with Gasteiger partial charge in [0, 0.05) is 23.1 Å². The van der Waals surface area contributed by atoms with E-state index in [1.54, 1.807) is 0 Å². The minimum Gasteiger partial charge on any atom is -0.382 e. The summed E-state index contributed by atoms with van der Waals surface area (Å²) in [6, 6.07) is 1.14. The number of pyridine rings is 1. The van der Waals surface area contributed by atoms with Crippen LogP contribution in [0.3, 0.4) is 0 Å². The Morgan fingerprint density at radius 3 is 2.79 bits per heavy atom. The molecule has 3 heterocycles. The van der Waals surface area contributed by atoms with Crippen LogP contribution < -0.4 is 5.73 Å². The maximum atomic E-state index is 14.8. The zero-order chi connectivity index (χ0) is 26.2. The quantitative estimate of drug-likeness (QED) is 0.449. The van der Waals surface area contributed by atoms with Gasteiger partial charge in [-0.3, -0.25) is 9.20 Å². The Morgan fingerprint density at radius 2 is 2.06 bits per heavy atom. The molecule has 1 aromatic carbocycles. The van der Waals surface area contributed by atoms with Gasteiger partial charge in [0.05, 0.1) is 35.8 Å². The lowest BCUT2D eigenvalue weighted by Gasteiger charge is -2.25. The van der Waals surface area contributed by atoms with Crippen LogP contribution in [0.4, 0.5) is 27.8 Å². The highest BCUT2D eigenvalue weighted by molar-refractivity contribution is 5.96. The fraction of sp³-hybridized carbons (Fsp3) is 0.238. The van der Waals surface area contributed by atoms with Crippen molar-refractivity contribution in [1.82, 2.24) is 24.3 Å². The third-order valence-corrected chi connectivity index (χ3v) is 5.60. The number of aromatic nitrogens is 4. The van der Waals surface area contributed by atoms with Gasteiger partial charge in [0.15, 0.2) is 0 Å². The third-order valence-electron chi connectivity index (χ3n) is 5.60. The first kappa shape index (κ1) is 17.7. The summed E-state index contributed by atoms with van der Waals surface area (Å²) in [5.74, 6) is -4.88. The summed E-state index contributed by atoms with van der Waals surface area (Å²) in [7, 11) is 0. The molecule has 0 saturated heterocycles. The fourth-order valence-corrected chi connectivity index (χ4v) is 4.00. The summed E-state index contributed by atoms with van der Waals surface area (Å²) >= 11 is 0. The average Bonchev–Trinajstić information content (AvgIpc) is 3.36. The van der Waals surface area contributed by atoms with Gasteiger partial charge in [-0.1, -0.05) is 6.07 Å². The summed E-state index contributed by atoms with van der Waals surface area (Å²) in [5.41, 5.74) is 3.77. The van der Waals surface area contributed by atoms with Crippen molar-refractivity contribution < 1.29 is 30.9 Å². The number of nitrogens with zero attached hydrogens (tertiary/aromatic N) is 5. The summed E-state index contributed by atoms with van der Waals surface area (Å²) in [6.07, 6.45) is -2.11. The van der Waals surface area contributed by atoms with E-state index < -0.39 is 54.3 Å². The van der Waals surface area contributed by atoms with E-state index in [0.717, 1.165) is 6.07 Å². The highest BCUT2D eigenvalue weighted by atomic mass is 19.4. The van der Waals surface area contributed by atoms with E-state index in [1.807, 2.05) is 0 Å². The highest BCUT2D eigenvalue weighted by Gasteiger charge is 2.48. The van der Waals surface area contributed by atoms with E-state index in [1.165, 1.54) is 29.2 Å². The molecule has 0 fully saturated rings. The molecule has 7 nitrogen and oxygen atoms in total. The summed E-state index contributed by atoms with van der Waals surface area (Å²) < 4.78 is 94.1. The summed E-state index contributed by atoms with van der Waals surface area (Å²) in [5, 5.41) is 0. The maximum Gasteiger partial charge on any atom is 0.416 e. The summed E-state index contributed by atoms with van der Waals surface area (Å²) in [4.78, 5) is 25.7. The molecule has 4 aromatic rings. The Labute approximate surface area is 186 Å². The smallest absolute Gasteiger partial charge is 0.382 e. The number of rotatable bonds is 2. The predicted octanol–water partition coefficient (Wildman–Crippen LogP) is 4.19.